The minimum absolute atomic E-state index is 0.0300. The molecule has 0 atom stereocenters. The Labute approximate surface area is 238 Å². The van der Waals surface area contributed by atoms with Crippen molar-refractivity contribution in [3.8, 4) is 0 Å². The number of rotatable bonds is 11. The smallest absolute Gasteiger partial charge is 0.416 e. The van der Waals surface area contributed by atoms with Crippen LogP contribution in [0.15, 0.2) is 66.7 Å². The number of hydrogen-bond acceptors (Lipinski definition) is 4. The predicted molar refractivity (Wildman–Crippen MR) is 142 cm³/mol. The zero-order valence-electron chi connectivity index (χ0n) is 21.9. The fourth-order valence-corrected chi connectivity index (χ4v) is 3.92. The maximum absolute atomic E-state index is 13.4. The molecular weight excluding hydrogens is 574 g/mol. The molecule has 3 aromatic carbocycles. The van der Waals surface area contributed by atoms with Crippen molar-refractivity contribution in [1.29, 1.82) is 0 Å². The average Bonchev–Trinajstić information content (AvgIpc) is 2.92. The Kier molecular flexibility index (Phi) is 10.8. The third kappa shape index (κ3) is 9.50. The van der Waals surface area contributed by atoms with Gasteiger partial charge < -0.3 is 15.0 Å². The van der Waals surface area contributed by atoms with Crippen molar-refractivity contribution >= 4 is 29.2 Å². The van der Waals surface area contributed by atoms with Gasteiger partial charge in [-0.15, -0.1) is 0 Å². The molecule has 0 saturated heterocycles. The topological polar surface area (TPSA) is 58.6 Å². The van der Waals surface area contributed by atoms with Crippen LogP contribution in [0.3, 0.4) is 0 Å². The Balaban J connectivity index is 1.89. The Morgan fingerprint density at radius 2 is 1.44 bits per heavy atom. The summed E-state index contributed by atoms with van der Waals surface area (Å²) >= 11 is 5.87. The molecule has 220 valence electrons. The number of halogens is 7. The van der Waals surface area contributed by atoms with E-state index in [1.807, 2.05) is 6.92 Å². The first-order valence-corrected chi connectivity index (χ1v) is 13.0. The Morgan fingerprint density at radius 1 is 0.854 bits per heavy atom. The van der Waals surface area contributed by atoms with Gasteiger partial charge >= 0.3 is 18.3 Å². The summed E-state index contributed by atoms with van der Waals surface area (Å²) in [6.45, 7) is 1.53. The number of nitrogens with zero attached hydrogens (tertiary/aromatic N) is 1. The van der Waals surface area contributed by atoms with Crippen LogP contribution in [0.2, 0.25) is 5.02 Å². The molecule has 0 fully saturated rings. The third-order valence-electron chi connectivity index (χ3n) is 5.95. The van der Waals surface area contributed by atoms with Gasteiger partial charge in [-0.2, -0.15) is 26.3 Å². The molecule has 41 heavy (non-hydrogen) atoms. The quantitative estimate of drug-likeness (QED) is 0.139. The zero-order valence-corrected chi connectivity index (χ0v) is 22.7. The number of amides is 1. The summed E-state index contributed by atoms with van der Waals surface area (Å²) in [6, 6.07) is 13.5. The number of esters is 1. The highest BCUT2D eigenvalue weighted by Crippen LogP contribution is 2.37. The van der Waals surface area contributed by atoms with E-state index in [2.05, 4.69) is 5.32 Å². The van der Waals surface area contributed by atoms with Crippen molar-refractivity contribution in [3.05, 3.63) is 99.6 Å². The Morgan fingerprint density at radius 3 is 1.98 bits per heavy atom. The van der Waals surface area contributed by atoms with Crippen LogP contribution in [0.4, 0.5) is 32.0 Å². The maximum Gasteiger partial charge on any atom is 0.416 e. The van der Waals surface area contributed by atoms with E-state index in [0.717, 1.165) is 16.9 Å². The van der Waals surface area contributed by atoms with Crippen molar-refractivity contribution in [2.45, 2.75) is 45.2 Å². The van der Waals surface area contributed by atoms with Gasteiger partial charge in [0.1, 0.15) is 0 Å². The van der Waals surface area contributed by atoms with Crippen molar-refractivity contribution in [2.24, 2.45) is 0 Å². The number of benzene rings is 3. The number of anilines is 1. The highest BCUT2D eigenvalue weighted by molar-refractivity contribution is 6.30. The minimum Gasteiger partial charge on any atom is -0.462 e. The lowest BCUT2D eigenvalue weighted by molar-refractivity contribution is -0.143. The second kappa shape index (κ2) is 13.9. The summed E-state index contributed by atoms with van der Waals surface area (Å²) in [6.07, 6.45) is -8.58. The number of carbonyl (C=O) groups excluding carboxylic acids is 2. The summed E-state index contributed by atoms with van der Waals surface area (Å²) in [5.41, 5.74) is -2.20. The molecule has 1 amide bonds. The molecule has 3 aromatic rings. The lowest BCUT2D eigenvalue weighted by Crippen LogP contribution is -2.38. The van der Waals surface area contributed by atoms with Crippen molar-refractivity contribution < 1.29 is 40.7 Å². The fraction of sp³-hybridized carbons (Fsp3) is 0.310. The predicted octanol–water partition coefficient (Wildman–Crippen LogP) is 7.66. The van der Waals surface area contributed by atoms with Gasteiger partial charge in [0.25, 0.3) is 0 Å². The second-order valence-corrected chi connectivity index (χ2v) is 9.60. The standard InChI is InChI=1S/C29H27ClF6N2O3/c1-2-3-12-41-27(40)21-6-10-25(11-7-21)38(26(39)17-37-16-19-4-8-24(30)9-5-19)18-20-13-22(28(31,32)33)15-23(14-20)29(34,35)36/h4-11,13-15,37H,2-3,12,16-18H2,1H3. The molecular formula is C29H27ClF6N2O3. The van der Waals surface area contributed by atoms with Gasteiger partial charge in [0, 0.05) is 17.3 Å². The molecule has 3 rings (SSSR count). The van der Waals surface area contributed by atoms with Gasteiger partial charge in [-0.1, -0.05) is 37.1 Å². The van der Waals surface area contributed by atoms with Crippen LogP contribution in [-0.2, 0) is 35.0 Å². The molecule has 0 saturated carbocycles. The van der Waals surface area contributed by atoms with E-state index in [-0.39, 0.29) is 42.6 Å². The third-order valence-corrected chi connectivity index (χ3v) is 6.21. The van der Waals surface area contributed by atoms with Gasteiger partial charge in [0.15, 0.2) is 0 Å². The molecule has 0 aliphatic heterocycles. The number of ether oxygens (including phenoxy) is 1. The van der Waals surface area contributed by atoms with E-state index in [4.69, 9.17) is 16.3 Å². The highest BCUT2D eigenvalue weighted by atomic mass is 35.5. The van der Waals surface area contributed by atoms with E-state index < -0.39 is 41.9 Å². The van der Waals surface area contributed by atoms with Crippen LogP contribution >= 0.6 is 11.6 Å². The first kappa shape index (κ1) is 32.0. The largest absolute Gasteiger partial charge is 0.462 e. The number of nitrogens with one attached hydrogen (secondary N) is 1. The lowest BCUT2D eigenvalue weighted by Gasteiger charge is -2.25. The zero-order chi connectivity index (χ0) is 30.2. The number of unbranched alkanes of at least 4 members (excludes halogenated alkanes) is 1. The van der Waals surface area contributed by atoms with Gasteiger partial charge in [0.05, 0.1) is 36.4 Å². The highest BCUT2D eigenvalue weighted by Gasteiger charge is 2.37. The molecule has 0 bridgehead atoms. The van der Waals surface area contributed by atoms with E-state index in [1.54, 1.807) is 24.3 Å². The average molecular weight is 601 g/mol. The summed E-state index contributed by atoms with van der Waals surface area (Å²) in [7, 11) is 0. The van der Waals surface area contributed by atoms with Gasteiger partial charge in [0.2, 0.25) is 5.91 Å². The van der Waals surface area contributed by atoms with Crippen LogP contribution in [-0.4, -0.2) is 25.0 Å². The molecule has 5 nitrogen and oxygen atoms in total. The summed E-state index contributed by atoms with van der Waals surface area (Å²) in [4.78, 5) is 26.6. The Hall–Kier alpha value is -3.57. The number of hydrogen-bond donors (Lipinski definition) is 1. The minimum atomic E-state index is -5.04. The Bertz CT molecular complexity index is 1290. The van der Waals surface area contributed by atoms with Gasteiger partial charge in [-0.3, -0.25) is 4.79 Å². The normalized spacial score (nSPS) is 11.8. The van der Waals surface area contributed by atoms with Crippen LogP contribution in [0.1, 0.15) is 52.4 Å². The number of alkyl halides is 6. The summed E-state index contributed by atoms with van der Waals surface area (Å²) < 4.78 is 85.7. The van der Waals surface area contributed by atoms with Gasteiger partial charge in [-0.05, 0) is 72.1 Å². The number of carbonyl (C=O) groups is 2. The van der Waals surface area contributed by atoms with Gasteiger partial charge in [-0.25, -0.2) is 4.79 Å². The molecule has 0 aliphatic carbocycles. The molecule has 0 heterocycles. The maximum atomic E-state index is 13.4. The van der Waals surface area contributed by atoms with Crippen molar-refractivity contribution in [2.75, 3.05) is 18.1 Å². The van der Waals surface area contributed by atoms with Crippen molar-refractivity contribution in [1.82, 2.24) is 5.32 Å². The molecule has 0 radical (unpaired) electrons. The van der Waals surface area contributed by atoms with E-state index >= 15 is 0 Å². The lowest BCUT2D eigenvalue weighted by atomic mass is 10.0. The van der Waals surface area contributed by atoms with E-state index in [0.29, 0.717) is 23.6 Å². The fourth-order valence-electron chi connectivity index (χ4n) is 3.80. The molecule has 0 aromatic heterocycles. The molecule has 1 N–H and O–H groups in total. The SMILES string of the molecule is CCCCOC(=O)c1ccc(N(Cc2cc(C(F)(F)F)cc(C(F)(F)F)c2)C(=O)CNCc2ccc(Cl)cc2)cc1. The monoisotopic (exact) mass is 600 g/mol. The van der Waals surface area contributed by atoms with Crippen molar-refractivity contribution in [3.63, 3.8) is 0 Å². The summed E-state index contributed by atoms with van der Waals surface area (Å²) in [5.74, 6) is -1.22. The molecule has 0 unspecified atom stereocenters. The van der Waals surface area contributed by atoms with E-state index in [1.165, 1.54) is 24.3 Å². The molecule has 12 heteroatoms. The summed E-state index contributed by atoms with van der Waals surface area (Å²) in [5, 5.41) is 3.44. The molecule has 0 aliphatic rings. The first-order chi connectivity index (χ1) is 19.3. The van der Waals surface area contributed by atoms with Crippen LogP contribution in [0.5, 0.6) is 0 Å². The first-order valence-electron chi connectivity index (χ1n) is 12.6. The van der Waals surface area contributed by atoms with Crippen LogP contribution in [0.25, 0.3) is 0 Å². The van der Waals surface area contributed by atoms with E-state index in [9.17, 15) is 35.9 Å². The second-order valence-electron chi connectivity index (χ2n) is 9.16. The van der Waals surface area contributed by atoms with Crippen LogP contribution in [0, 0.1) is 0 Å². The molecule has 0 spiro atoms. The van der Waals surface area contributed by atoms with Crippen LogP contribution < -0.4 is 10.2 Å².